The molecule has 1 fully saturated rings. The minimum Gasteiger partial charge on any atom is -0.496 e. The maximum absolute atomic E-state index is 13.4. The topological polar surface area (TPSA) is 179 Å². The lowest BCUT2D eigenvalue weighted by Gasteiger charge is -2.25. The first kappa shape index (κ1) is 36.5. The third-order valence-electron chi connectivity index (χ3n) is 7.38. The Kier molecular flexibility index (Phi) is 12.5. The zero-order valence-electron chi connectivity index (χ0n) is 27.6. The number of methoxy groups -OCH3 is 1. The van der Waals surface area contributed by atoms with Gasteiger partial charge in [-0.3, -0.25) is 4.79 Å². The average molecular weight is 654 g/mol. The first-order valence-electron chi connectivity index (χ1n) is 15.4. The van der Waals surface area contributed by atoms with Crippen LogP contribution in [0.5, 0.6) is 5.75 Å². The maximum atomic E-state index is 13.4. The van der Waals surface area contributed by atoms with Crippen LogP contribution < -0.4 is 15.4 Å². The molecule has 1 aliphatic rings. The molecule has 254 valence electrons. The SMILES string of the molecule is C=Cc1cc(C(=O)O)c(-c2ccc(C(=O)NCC3CC3)nc2C(=O)OCCOC(=O)C(NC(=O)OC(C)(C)C)C(C)CC)cc1OC. The fourth-order valence-electron chi connectivity index (χ4n) is 4.48. The highest BCUT2D eigenvalue weighted by molar-refractivity contribution is 6.03. The number of carbonyl (C=O) groups excluding carboxylic acids is 4. The average Bonchev–Trinajstić information content (AvgIpc) is 3.86. The molecule has 1 aliphatic carbocycles. The number of benzene rings is 1. The van der Waals surface area contributed by atoms with Gasteiger partial charge in [0.2, 0.25) is 0 Å². The van der Waals surface area contributed by atoms with E-state index >= 15 is 0 Å². The van der Waals surface area contributed by atoms with Crippen LogP contribution >= 0.6 is 0 Å². The second-order valence-electron chi connectivity index (χ2n) is 12.2. The van der Waals surface area contributed by atoms with E-state index in [-0.39, 0.29) is 40.6 Å². The lowest BCUT2D eigenvalue weighted by molar-refractivity contribution is -0.148. The number of ether oxygens (including phenoxy) is 4. The number of carbonyl (C=O) groups is 5. The van der Waals surface area contributed by atoms with E-state index in [0.29, 0.717) is 30.2 Å². The zero-order chi connectivity index (χ0) is 34.9. The van der Waals surface area contributed by atoms with Gasteiger partial charge in [-0.1, -0.05) is 32.9 Å². The summed E-state index contributed by atoms with van der Waals surface area (Å²) in [6.45, 7) is 12.1. The number of alkyl carbamates (subject to hydrolysis) is 1. The predicted octanol–water partition coefficient (Wildman–Crippen LogP) is 4.88. The zero-order valence-corrected chi connectivity index (χ0v) is 27.6. The van der Waals surface area contributed by atoms with Crippen LogP contribution in [0.2, 0.25) is 0 Å². The number of esters is 2. The van der Waals surface area contributed by atoms with Crippen LogP contribution in [0.4, 0.5) is 4.79 Å². The molecular weight excluding hydrogens is 610 g/mol. The summed E-state index contributed by atoms with van der Waals surface area (Å²) in [6.07, 6.45) is 3.26. The minimum absolute atomic E-state index is 0.0658. The van der Waals surface area contributed by atoms with Gasteiger partial charge in [-0.05, 0) is 69.7 Å². The highest BCUT2D eigenvalue weighted by atomic mass is 16.6. The third-order valence-corrected chi connectivity index (χ3v) is 7.38. The van der Waals surface area contributed by atoms with Crippen molar-refractivity contribution in [3.05, 3.63) is 53.4 Å². The smallest absolute Gasteiger partial charge is 0.408 e. The van der Waals surface area contributed by atoms with Gasteiger partial charge in [0.1, 0.15) is 36.3 Å². The van der Waals surface area contributed by atoms with Gasteiger partial charge in [-0.2, -0.15) is 0 Å². The molecule has 13 nitrogen and oxygen atoms in total. The molecule has 1 aromatic carbocycles. The number of hydrogen-bond acceptors (Lipinski definition) is 10. The van der Waals surface area contributed by atoms with Crippen LogP contribution in [0.25, 0.3) is 17.2 Å². The number of hydrogen-bond donors (Lipinski definition) is 3. The monoisotopic (exact) mass is 653 g/mol. The summed E-state index contributed by atoms with van der Waals surface area (Å²) in [5.74, 6) is -3.09. The molecule has 2 atom stereocenters. The summed E-state index contributed by atoms with van der Waals surface area (Å²) in [7, 11) is 1.41. The van der Waals surface area contributed by atoms with Crippen molar-refractivity contribution in [1.29, 1.82) is 0 Å². The third kappa shape index (κ3) is 10.3. The maximum Gasteiger partial charge on any atom is 0.408 e. The number of nitrogens with zero attached hydrogens (tertiary/aromatic N) is 1. The molecule has 47 heavy (non-hydrogen) atoms. The Morgan fingerprint density at radius 2 is 1.77 bits per heavy atom. The summed E-state index contributed by atoms with van der Waals surface area (Å²) in [6, 6.07) is 4.60. The Bertz CT molecular complexity index is 1510. The number of aromatic carboxylic acids is 1. The number of rotatable bonds is 15. The number of nitrogens with one attached hydrogen (secondary N) is 2. The molecule has 0 bridgehead atoms. The number of aromatic nitrogens is 1. The summed E-state index contributed by atoms with van der Waals surface area (Å²) in [5.41, 5.74) is -0.727. The highest BCUT2D eigenvalue weighted by Gasteiger charge is 2.30. The first-order valence-corrected chi connectivity index (χ1v) is 15.4. The van der Waals surface area contributed by atoms with E-state index in [0.717, 1.165) is 12.8 Å². The first-order chi connectivity index (χ1) is 22.2. The fraction of sp³-hybridized carbons (Fsp3) is 0.471. The Balaban J connectivity index is 1.84. The number of pyridine rings is 1. The van der Waals surface area contributed by atoms with Gasteiger partial charge >= 0.3 is 24.0 Å². The van der Waals surface area contributed by atoms with Crippen molar-refractivity contribution in [2.45, 2.75) is 65.5 Å². The van der Waals surface area contributed by atoms with Crippen molar-refractivity contribution in [2.24, 2.45) is 11.8 Å². The van der Waals surface area contributed by atoms with Crippen LogP contribution in [0.15, 0.2) is 30.8 Å². The molecule has 1 saturated carbocycles. The Morgan fingerprint density at radius 3 is 2.34 bits per heavy atom. The van der Waals surface area contributed by atoms with Crippen molar-refractivity contribution < 1.29 is 48.0 Å². The Labute approximate surface area is 274 Å². The fourth-order valence-corrected chi connectivity index (χ4v) is 4.48. The Hall–Kier alpha value is -4.94. The highest BCUT2D eigenvalue weighted by Crippen LogP contribution is 2.34. The summed E-state index contributed by atoms with van der Waals surface area (Å²) in [5, 5.41) is 15.3. The number of carboxylic acids is 1. The molecule has 0 saturated heterocycles. The van der Waals surface area contributed by atoms with Gasteiger partial charge in [-0.15, -0.1) is 0 Å². The lowest BCUT2D eigenvalue weighted by atomic mass is 9.95. The van der Waals surface area contributed by atoms with Crippen LogP contribution in [0, 0.1) is 11.8 Å². The van der Waals surface area contributed by atoms with Crippen LogP contribution in [-0.4, -0.2) is 78.5 Å². The van der Waals surface area contributed by atoms with Crippen molar-refractivity contribution in [1.82, 2.24) is 15.6 Å². The Morgan fingerprint density at radius 1 is 1.09 bits per heavy atom. The molecule has 0 spiro atoms. The molecule has 13 heteroatoms. The van der Waals surface area contributed by atoms with E-state index in [4.69, 9.17) is 18.9 Å². The molecule has 2 amide bonds. The number of carboxylic acid groups (broad SMARTS) is 1. The molecule has 2 unspecified atom stereocenters. The van der Waals surface area contributed by atoms with Crippen LogP contribution in [0.1, 0.15) is 90.8 Å². The predicted molar refractivity (Wildman–Crippen MR) is 172 cm³/mol. The second-order valence-corrected chi connectivity index (χ2v) is 12.2. The molecule has 2 aromatic rings. The molecule has 3 N–H and O–H groups in total. The quantitative estimate of drug-likeness (QED) is 0.136. The van der Waals surface area contributed by atoms with Gasteiger partial charge < -0.3 is 34.7 Å². The standard InChI is InChI=1S/C34H43N3O10/c1-8-19(3)27(37-33(43)47-34(4,5)6)31(41)45-14-15-46-32(42)28-22(12-13-25(36-28)29(38)35-18-20-10-11-20)23-17-26(44-7)21(9-2)16-24(23)30(39)40/h9,12-13,16-17,19-20,27H,2,8,10-11,14-15,18H2,1,3-7H3,(H,35,38)(H,37,43)(H,39,40). The molecule has 3 rings (SSSR count). The van der Waals surface area contributed by atoms with E-state index in [2.05, 4.69) is 22.2 Å². The largest absolute Gasteiger partial charge is 0.496 e. The van der Waals surface area contributed by atoms with Gasteiger partial charge in [0.25, 0.3) is 5.91 Å². The van der Waals surface area contributed by atoms with Crippen molar-refractivity contribution in [3.63, 3.8) is 0 Å². The van der Waals surface area contributed by atoms with Gasteiger partial charge in [0.05, 0.1) is 12.7 Å². The van der Waals surface area contributed by atoms with Crippen LogP contribution in [0.3, 0.4) is 0 Å². The van der Waals surface area contributed by atoms with E-state index in [9.17, 15) is 29.1 Å². The van der Waals surface area contributed by atoms with Crippen molar-refractivity contribution in [2.75, 3.05) is 26.9 Å². The van der Waals surface area contributed by atoms with E-state index in [1.54, 1.807) is 27.7 Å². The molecule has 0 radical (unpaired) electrons. The molecule has 1 aromatic heterocycles. The number of amides is 2. The van der Waals surface area contributed by atoms with E-state index in [1.165, 1.54) is 37.5 Å². The molecule has 1 heterocycles. The second kappa shape index (κ2) is 16.1. The van der Waals surface area contributed by atoms with Crippen molar-refractivity contribution >= 4 is 36.0 Å². The van der Waals surface area contributed by atoms with E-state index in [1.807, 2.05) is 6.92 Å². The van der Waals surface area contributed by atoms with Gasteiger partial charge in [0.15, 0.2) is 5.69 Å². The summed E-state index contributed by atoms with van der Waals surface area (Å²) >= 11 is 0. The summed E-state index contributed by atoms with van der Waals surface area (Å²) < 4.78 is 21.4. The van der Waals surface area contributed by atoms with Crippen LogP contribution in [-0.2, 0) is 19.0 Å². The minimum atomic E-state index is -1.28. The molecular formula is C34H43N3O10. The normalized spacial score (nSPS) is 13.8. The van der Waals surface area contributed by atoms with Gasteiger partial charge in [-0.25, -0.2) is 24.2 Å². The van der Waals surface area contributed by atoms with Gasteiger partial charge in [0, 0.05) is 23.2 Å². The summed E-state index contributed by atoms with van der Waals surface area (Å²) in [4.78, 5) is 68.0. The van der Waals surface area contributed by atoms with Crippen molar-refractivity contribution in [3.8, 4) is 16.9 Å². The molecule has 0 aliphatic heterocycles. The van der Waals surface area contributed by atoms with E-state index < -0.39 is 48.2 Å². The lowest BCUT2D eigenvalue weighted by Crippen LogP contribution is -2.47.